The van der Waals surface area contributed by atoms with Crippen LogP contribution in [-0.4, -0.2) is 30.7 Å². The Labute approximate surface area is 153 Å². The van der Waals surface area contributed by atoms with Crippen molar-refractivity contribution in [3.05, 3.63) is 78.8 Å². The van der Waals surface area contributed by atoms with Crippen LogP contribution in [-0.2, 0) is 0 Å². The third kappa shape index (κ3) is 2.71. The van der Waals surface area contributed by atoms with Crippen molar-refractivity contribution >= 4 is 28.1 Å². The normalized spacial score (nSPS) is 11.1. The van der Waals surface area contributed by atoms with Crippen LogP contribution >= 0.6 is 0 Å². The summed E-state index contributed by atoms with van der Waals surface area (Å²) in [6, 6.07) is 19.0. The molecule has 27 heavy (non-hydrogen) atoms. The summed E-state index contributed by atoms with van der Waals surface area (Å²) in [5.74, 6) is -0.149. The van der Waals surface area contributed by atoms with Gasteiger partial charge in [0.25, 0.3) is 5.91 Å². The number of fused-ring (bicyclic) bond motifs is 2. The Hall–Kier alpha value is -4.00. The smallest absolute Gasteiger partial charge is 0.257 e. The molecule has 0 aliphatic heterocycles. The van der Waals surface area contributed by atoms with Gasteiger partial charge in [0.15, 0.2) is 5.65 Å². The number of aromatic amines is 1. The van der Waals surface area contributed by atoms with E-state index in [4.69, 9.17) is 0 Å². The predicted octanol–water partition coefficient (Wildman–Crippen LogP) is 3.52. The van der Waals surface area contributed by atoms with Crippen LogP contribution in [0.2, 0.25) is 0 Å². The van der Waals surface area contributed by atoms with Crippen LogP contribution in [0, 0.1) is 0 Å². The molecule has 0 aliphatic carbocycles. The Morgan fingerprint density at radius 3 is 2.74 bits per heavy atom. The molecule has 2 N–H and O–H groups in total. The first-order valence-electron chi connectivity index (χ1n) is 8.43. The lowest BCUT2D eigenvalue weighted by molar-refractivity contribution is 0.102. The van der Waals surface area contributed by atoms with Gasteiger partial charge in [0.05, 0.1) is 11.3 Å². The van der Waals surface area contributed by atoms with Gasteiger partial charge in [0.2, 0.25) is 0 Å². The van der Waals surface area contributed by atoms with E-state index in [9.17, 15) is 4.79 Å². The summed E-state index contributed by atoms with van der Waals surface area (Å²) in [5.41, 5.74) is 4.72. The van der Waals surface area contributed by atoms with Gasteiger partial charge in [-0.2, -0.15) is 9.61 Å². The average molecular weight is 354 g/mol. The van der Waals surface area contributed by atoms with Gasteiger partial charge in [-0.3, -0.25) is 4.79 Å². The van der Waals surface area contributed by atoms with Gasteiger partial charge >= 0.3 is 0 Å². The minimum absolute atomic E-state index is 0.149. The summed E-state index contributed by atoms with van der Waals surface area (Å²) in [5, 5.41) is 16.1. The second kappa shape index (κ2) is 6.06. The molecular formula is C20H14N6O. The number of benzene rings is 2. The molecule has 3 aromatic heterocycles. The number of nitrogens with zero attached hydrogens (tertiary/aromatic N) is 4. The molecule has 0 unspecified atom stereocenters. The molecule has 3 heterocycles. The highest BCUT2D eigenvalue weighted by atomic mass is 16.1. The van der Waals surface area contributed by atoms with Crippen LogP contribution in [0.25, 0.3) is 27.8 Å². The number of anilines is 1. The van der Waals surface area contributed by atoms with E-state index >= 15 is 0 Å². The predicted molar refractivity (Wildman–Crippen MR) is 102 cm³/mol. The number of amides is 1. The van der Waals surface area contributed by atoms with Gasteiger partial charge < -0.3 is 10.3 Å². The molecule has 0 aliphatic rings. The molecule has 0 saturated heterocycles. The number of hydrogen-bond donors (Lipinski definition) is 2. The standard InChI is InChI=1S/C20H14N6O/c27-20(16-11-21-18-4-2-1-3-15(16)18)23-14-7-5-13(6-8-14)17-9-10-19-24-22-12-26(19)25-17/h1-12,21H,(H,23,27). The van der Waals surface area contributed by atoms with Crippen molar-refractivity contribution in [2.45, 2.75) is 0 Å². The first kappa shape index (κ1) is 15.3. The molecule has 7 heteroatoms. The van der Waals surface area contributed by atoms with Crippen molar-refractivity contribution in [1.29, 1.82) is 0 Å². The van der Waals surface area contributed by atoms with Gasteiger partial charge in [-0.1, -0.05) is 30.3 Å². The molecule has 5 rings (SSSR count). The molecule has 0 saturated carbocycles. The van der Waals surface area contributed by atoms with E-state index in [-0.39, 0.29) is 5.91 Å². The maximum absolute atomic E-state index is 12.6. The van der Waals surface area contributed by atoms with E-state index < -0.39 is 0 Å². The summed E-state index contributed by atoms with van der Waals surface area (Å²) in [7, 11) is 0. The fourth-order valence-electron chi connectivity index (χ4n) is 3.06. The SMILES string of the molecule is O=C(Nc1ccc(-c2ccc3nncn3n2)cc1)c1c[nH]c2ccccc12. The van der Waals surface area contributed by atoms with Crippen molar-refractivity contribution in [3.8, 4) is 11.3 Å². The molecule has 130 valence electrons. The summed E-state index contributed by atoms with van der Waals surface area (Å²) in [6.45, 7) is 0. The first-order valence-corrected chi connectivity index (χ1v) is 8.43. The molecule has 0 spiro atoms. The van der Waals surface area contributed by atoms with E-state index in [1.807, 2.05) is 60.7 Å². The number of carbonyl (C=O) groups excluding carboxylic acids is 1. The lowest BCUT2D eigenvalue weighted by Crippen LogP contribution is -2.11. The van der Waals surface area contributed by atoms with Crippen LogP contribution in [0.15, 0.2) is 73.2 Å². The zero-order valence-electron chi connectivity index (χ0n) is 14.1. The number of rotatable bonds is 3. The molecule has 0 atom stereocenters. The second-order valence-electron chi connectivity index (χ2n) is 6.13. The summed E-state index contributed by atoms with van der Waals surface area (Å²) >= 11 is 0. The Balaban J connectivity index is 1.39. The molecule has 2 aromatic carbocycles. The number of nitrogens with one attached hydrogen (secondary N) is 2. The molecule has 0 bridgehead atoms. The van der Waals surface area contributed by atoms with E-state index in [2.05, 4.69) is 25.6 Å². The number of aromatic nitrogens is 5. The summed E-state index contributed by atoms with van der Waals surface area (Å²) in [6.07, 6.45) is 3.29. The van der Waals surface area contributed by atoms with Crippen LogP contribution in [0.1, 0.15) is 10.4 Å². The van der Waals surface area contributed by atoms with E-state index in [0.717, 1.165) is 27.8 Å². The minimum atomic E-state index is -0.149. The Morgan fingerprint density at radius 1 is 1.00 bits per heavy atom. The quantitative estimate of drug-likeness (QED) is 0.519. The highest BCUT2D eigenvalue weighted by Crippen LogP contribution is 2.22. The van der Waals surface area contributed by atoms with E-state index in [1.165, 1.54) is 0 Å². The van der Waals surface area contributed by atoms with Crippen LogP contribution in [0.5, 0.6) is 0 Å². The highest BCUT2D eigenvalue weighted by molar-refractivity contribution is 6.12. The number of hydrogen-bond acceptors (Lipinski definition) is 4. The molecule has 0 fully saturated rings. The fourth-order valence-corrected chi connectivity index (χ4v) is 3.06. The Bertz CT molecular complexity index is 1270. The average Bonchev–Trinajstić information content (AvgIpc) is 3.35. The van der Waals surface area contributed by atoms with E-state index in [1.54, 1.807) is 17.0 Å². The topological polar surface area (TPSA) is 88.0 Å². The number of H-pyrrole nitrogens is 1. The van der Waals surface area contributed by atoms with Crippen molar-refractivity contribution in [3.63, 3.8) is 0 Å². The van der Waals surface area contributed by atoms with Crippen LogP contribution in [0.3, 0.4) is 0 Å². The summed E-state index contributed by atoms with van der Waals surface area (Å²) < 4.78 is 1.63. The van der Waals surface area contributed by atoms with Crippen LogP contribution in [0.4, 0.5) is 5.69 Å². The first-order chi connectivity index (χ1) is 13.3. The van der Waals surface area contributed by atoms with Crippen molar-refractivity contribution < 1.29 is 4.79 Å². The van der Waals surface area contributed by atoms with Crippen LogP contribution < -0.4 is 5.32 Å². The third-order valence-corrected chi connectivity index (χ3v) is 4.43. The molecular weight excluding hydrogens is 340 g/mol. The van der Waals surface area contributed by atoms with Gasteiger partial charge in [0.1, 0.15) is 6.33 Å². The van der Waals surface area contributed by atoms with Gasteiger partial charge in [-0.05, 0) is 30.3 Å². The lowest BCUT2D eigenvalue weighted by atomic mass is 10.1. The molecule has 1 amide bonds. The lowest BCUT2D eigenvalue weighted by Gasteiger charge is -2.06. The number of para-hydroxylation sites is 1. The van der Waals surface area contributed by atoms with Gasteiger partial charge in [-0.15, -0.1) is 10.2 Å². The van der Waals surface area contributed by atoms with Crippen molar-refractivity contribution in [2.24, 2.45) is 0 Å². The highest BCUT2D eigenvalue weighted by Gasteiger charge is 2.12. The zero-order chi connectivity index (χ0) is 18.2. The Morgan fingerprint density at radius 2 is 1.85 bits per heavy atom. The van der Waals surface area contributed by atoms with E-state index in [0.29, 0.717) is 11.2 Å². The van der Waals surface area contributed by atoms with Gasteiger partial charge in [-0.25, -0.2) is 0 Å². The third-order valence-electron chi connectivity index (χ3n) is 4.43. The Kier molecular flexibility index (Phi) is 3.43. The monoisotopic (exact) mass is 354 g/mol. The molecule has 0 radical (unpaired) electrons. The fraction of sp³-hybridized carbons (Fsp3) is 0. The van der Waals surface area contributed by atoms with Crippen molar-refractivity contribution in [1.82, 2.24) is 24.8 Å². The summed E-state index contributed by atoms with van der Waals surface area (Å²) in [4.78, 5) is 15.7. The second-order valence-corrected chi connectivity index (χ2v) is 6.13. The maximum atomic E-state index is 12.6. The maximum Gasteiger partial charge on any atom is 0.257 e. The molecule has 7 nitrogen and oxygen atoms in total. The zero-order valence-corrected chi connectivity index (χ0v) is 14.1. The van der Waals surface area contributed by atoms with Gasteiger partial charge in [0, 0.05) is 28.4 Å². The van der Waals surface area contributed by atoms with Crippen molar-refractivity contribution in [2.75, 3.05) is 5.32 Å². The minimum Gasteiger partial charge on any atom is -0.360 e. The molecule has 5 aromatic rings. The largest absolute Gasteiger partial charge is 0.360 e. The number of carbonyl (C=O) groups is 1.